The first-order valence-electron chi connectivity index (χ1n) is 12.5. The highest BCUT2D eigenvalue weighted by Gasteiger charge is 2.29. The fourth-order valence-corrected chi connectivity index (χ4v) is 4.80. The van der Waals surface area contributed by atoms with E-state index in [1.54, 1.807) is 18.2 Å². The predicted molar refractivity (Wildman–Crippen MR) is 142 cm³/mol. The number of hydrogen-bond donors (Lipinski definition) is 1. The largest absolute Gasteiger partial charge is 0.493 e. The molecule has 1 aliphatic rings. The Bertz CT molecular complexity index is 1180. The Balaban J connectivity index is 1.32. The van der Waals surface area contributed by atoms with Crippen LogP contribution in [-0.2, 0) is 17.6 Å². The van der Waals surface area contributed by atoms with Crippen LogP contribution in [0.15, 0.2) is 60.7 Å². The van der Waals surface area contributed by atoms with Crippen molar-refractivity contribution in [2.24, 2.45) is 5.92 Å². The molecule has 3 aromatic rings. The Morgan fingerprint density at radius 3 is 2.39 bits per heavy atom. The average Bonchev–Trinajstić information content (AvgIpc) is 3.28. The van der Waals surface area contributed by atoms with Gasteiger partial charge in [0.05, 0.1) is 31.3 Å². The lowest BCUT2D eigenvalue weighted by Crippen LogP contribution is -2.06. The summed E-state index contributed by atoms with van der Waals surface area (Å²) in [6.07, 6.45) is 2.49. The number of ether oxygens (including phenoxy) is 3. The van der Waals surface area contributed by atoms with E-state index in [9.17, 15) is 4.79 Å². The number of benzene rings is 3. The molecule has 3 aromatic carbocycles. The van der Waals surface area contributed by atoms with Crippen molar-refractivity contribution in [3.63, 3.8) is 0 Å². The molecule has 1 unspecified atom stereocenters. The maximum Gasteiger partial charge on any atom is 0.307 e. The second-order valence-corrected chi connectivity index (χ2v) is 9.98. The van der Waals surface area contributed by atoms with Crippen LogP contribution >= 0.6 is 11.6 Å². The normalized spacial score (nSPS) is 14.4. The number of unbranched alkanes of at least 4 members (excludes halogenated alkanes) is 1. The van der Waals surface area contributed by atoms with E-state index in [0.29, 0.717) is 42.1 Å². The van der Waals surface area contributed by atoms with E-state index >= 15 is 0 Å². The molecule has 1 N–H and O–H groups in total. The zero-order chi connectivity index (χ0) is 25.5. The molecule has 1 aliphatic heterocycles. The van der Waals surface area contributed by atoms with Gasteiger partial charge in [0.15, 0.2) is 0 Å². The first kappa shape index (κ1) is 25.9. The summed E-state index contributed by atoms with van der Waals surface area (Å²) in [5.41, 5.74) is 4.32. The number of halogens is 1. The van der Waals surface area contributed by atoms with E-state index in [-0.39, 0.29) is 12.3 Å². The number of fused-ring (bicyclic) bond motifs is 1. The van der Waals surface area contributed by atoms with E-state index in [0.717, 1.165) is 36.3 Å². The monoisotopic (exact) mass is 508 g/mol. The molecular formula is C30H33ClO5. The van der Waals surface area contributed by atoms with E-state index in [4.69, 9.17) is 30.9 Å². The zero-order valence-corrected chi connectivity index (χ0v) is 21.6. The molecule has 4 rings (SSSR count). The highest BCUT2D eigenvalue weighted by atomic mass is 35.5. The minimum Gasteiger partial charge on any atom is -0.493 e. The minimum absolute atomic E-state index is 0.0587. The molecule has 6 heteroatoms. The van der Waals surface area contributed by atoms with E-state index < -0.39 is 5.97 Å². The molecular weight excluding hydrogens is 476 g/mol. The Morgan fingerprint density at radius 1 is 1.03 bits per heavy atom. The lowest BCUT2D eigenvalue weighted by molar-refractivity contribution is -0.136. The summed E-state index contributed by atoms with van der Waals surface area (Å²) in [7, 11) is 0. The first-order valence-corrected chi connectivity index (χ1v) is 12.9. The van der Waals surface area contributed by atoms with Gasteiger partial charge in [0.2, 0.25) is 0 Å². The number of carboxylic acids is 1. The zero-order valence-electron chi connectivity index (χ0n) is 20.8. The van der Waals surface area contributed by atoms with Crippen LogP contribution in [0, 0.1) is 5.92 Å². The van der Waals surface area contributed by atoms with Crippen LogP contribution in [0.25, 0.3) is 0 Å². The van der Waals surface area contributed by atoms with Crippen LogP contribution in [-0.4, -0.2) is 30.9 Å². The third-order valence-electron chi connectivity index (χ3n) is 6.24. The lowest BCUT2D eigenvalue weighted by Gasteiger charge is -2.17. The molecule has 1 atom stereocenters. The van der Waals surface area contributed by atoms with Gasteiger partial charge < -0.3 is 19.3 Å². The van der Waals surface area contributed by atoms with Gasteiger partial charge in [0, 0.05) is 17.0 Å². The lowest BCUT2D eigenvalue weighted by atomic mass is 9.90. The molecule has 190 valence electrons. The molecule has 5 nitrogen and oxygen atoms in total. The van der Waals surface area contributed by atoms with Crippen molar-refractivity contribution in [2.45, 2.75) is 45.4 Å². The molecule has 0 radical (unpaired) electrons. The molecule has 0 amide bonds. The second kappa shape index (κ2) is 12.2. The maximum absolute atomic E-state index is 10.8. The van der Waals surface area contributed by atoms with Crippen LogP contribution < -0.4 is 14.2 Å². The number of hydrogen-bond acceptors (Lipinski definition) is 4. The standard InChI is InChI=1S/C30H33ClO5/c1-20(2)16-24-27(13-11-23-25(19-36-30(23)24)22-8-4-3-5-9-22)34-14-6-7-15-35-28-12-10-21(17-26(28)31)18-29(32)33/h3-5,8-13,17,20,25H,6-7,14-16,18-19H2,1-2H3,(H,32,33). The fourth-order valence-electron chi connectivity index (χ4n) is 4.54. The van der Waals surface area contributed by atoms with Crippen molar-refractivity contribution in [2.75, 3.05) is 19.8 Å². The molecule has 0 aliphatic carbocycles. The first-order chi connectivity index (χ1) is 17.4. The summed E-state index contributed by atoms with van der Waals surface area (Å²) in [4.78, 5) is 10.8. The van der Waals surface area contributed by atoms with Gasteiger partial charge in [0.1, 0.15) is 17.2 Å². The molecule has 1 heterocycles. The van der Waals surface area contributed by atoms with Gasteiger partial charge in [-0.2, -0.15) is 0 Å². The molecule has 0 aromatic heterocycles. The highest BCUT2D eigenvalue weighted by molar-refractivity contribution is 6.32. The Hall–Kier alpha value is -3.18. The van der Waals surface area contributed by atoms with Crippen LogP contribution in [0.1, 0.15) is 54.9 Å². The quantitative estimate of drug-likeness (QED) is 0.269. The number of carbonyl (C=O) groups is 1. The summed E-state index contributed by atoms with van der Waals surface area (Å²) in [6.45, 7) is 6.17. The Kier molecular flexibility index (Phi) is 8.76. The van der Waals surface area contributed by atoms with Gasteiger partial charge in [-0.05, 0) is 54.5 Å². The highest BCUT2D eigenvalue weighted by Crippen LogP contribution is 2.44. The Morgan fingerprint density at radius 2 is 1.72 bits per heavy atom. The number of carboxylic acid groups (broad SMARTS) is 1. The van der Waals surface area contributed by atoms with Crippen LogP contribution in [0.4, 0.5) is 0 Å². The minimum atomic E-state index is -0.887. The van der Waals surface area contributed by atoms with Gasteiger partial charge >= 0.3 is 5.97 Å². The Labute approximate surface area is 218 Å². The van der Waals surface area contributed by atoms with Gasteiger partial charge in [-0.3, -0.25) is 4.79 Å². The molecule has 0 saturated carbocycles. The van der Waals surface area contributed by atoms with Crippen molar-refractivity contribution in [1.82, 2.24) is 0 Å². The number of rotatable bonds is 12. The summed E-state index contributed by atoms with van der Waals surface area (Å²) in [5.74, 6) is 2.30. The molecule has 0 saturated heterocycles. The third-order valence-corrected chi connectivity index (χ3v) is 6.53. The summed E-state index contributed by atoms with van der Waals surface area (Å²) in [5, 5.41) is 9.33. The average molecular weight is 509 g/mol. The van der Waals surface area contributed by atoms with Gasteiger partial charge in [-0.1, -0.05) is 67.9 Å². The van der Waals surface area contributed by atoms with Crippen LogP contribution in [0.3, 0.4) is 0 Å². The molecule has 0 spiro atoms. The summed E-state index contributed by atoms with van der Waals surface area (Å²) in [6, 6.07) is 19.9. The van der Waals surface area contributed by atoms with E-state index in [1.165, 1.54) is 11.1 Å². The maximum atomic E-state index is 10.8. The summed E-state index contributed by atoms with van der Waals surface area (Å²) < 4.78 is 18.2. The second-order valence-electron chi connectivity index (χ2n) is 9.57. The molecule has 36 heavy (non-hydrogen) atoms. The van der Waals surface area contributed by atoms with Crippen LogP contribution in [0.5, 0.6) is 17.2 Å². The molecule has 0 bridgehead atoms. The van der Waals surface area contributed by atoms with E-state index in [1.807, 2.05) is 6.07 Å². The fraction of sp³-hybridized carbons (Fsp3) is 0.367. The van der Waals surface area contributed by atoms with Gasteiger partial charge in [0.25, 0.3) is 0 Å². The predicted octanol–water partition coefficient (Wildman–Crippen LogP) is 6.93. The van der Waals surface area contributed by atoms with Crippen molar-refractivity contribution in [3.8, 4) is 17.2 Å². The SMILES string of the molecule is CC(C)Cc1c(OCCCCOc2ccc(CC(=O)O)cc2Cl)ccc2c1OCC2c1ccccc1. The summed E-state index contributed by atoms with van der Waals surface area (Å²) >= 11 is 6.23. The van der Waals surface area contributed by atoms with Gasteiger partial charge in [-0.15, -0.1) is 0 Å². The molecule has 0 fully saturated rings. The van der Waals surface area contributed by atoms with Gasteiger partial charge in [-0.25, -0.2) is 0 Å². The van der Waals surface area contributed by atoms with Crippen molar-refractivity contribution in [3.05, 3.63) is 87.9 Å². The third kappa shape index (κ3) is 6.52. The smallest absolute Gasteiger partial charge is 0.307 e. The number of aliphatic carboxylic acids is 1. The van der Waals surface area contributed by atoms with E-state index in [2.05, 4.69) is 50.2 Å². The van der Waals surface area contributed by atoms with Crippen molar-refractivity contribution in [1.29, 1.82) is 0 Å². The van der Waals surface area contributed by atoms with Crippen molar-refractivity contribution < 1.29 is 24.1 Å². The van der Waals surface area contributed by atoms with Crippen molar-refractivity contribution >= 4 is 17.6 Å². The van der Waals surface area contributed by atoms with Crippen LogP contribution in [0.2, 0.25) is 5.02 Å². The topological polar surface area (TPSA) is 65.0 Å².